The number of nitrogen functional groups attached to an aromatic ring is 1. The molecule has 0 spiro atoms. The first-order valence-corrected chi connectivity index (χ1v) is 6.42. The molecule has 5 nitrogen and oxygen atoms in total. The summed E-state index contributed by atoms with van der Waals surface area (Å²) in [6, 6.07) is 11.6. The van der Waals surface area contributed by atoms with E-state index in [1.807, 2.05) is 12.1 Å². The molecule has 20 heavy (non-hydrogen) atoms. The summed E-state index contributed by atoms with van der Waals surface area (Å²) in [6.07, 6.45) is 2.65. The van der Waals surface area contributed by atoms with Crippen molar-refractivity contribution in [1.82, 2.24) is 15.1 Å². The Morgan fingerprint density at radius 3 is 2.65 bits per heavy atom. The molecule has 0 saturated carbocycles. The van der Waals surface area contributed by atoms with Gasteiger partial charge in [-0.15, -0.1) is 0 Å². The number of benzene rings is 1. The van der Waals surface area contributed by atoms with E-state index >= 15 is 0 Å². The van der Waals surface area contributed by atoms with Crippen molar-refractivity contribution in [2.75, 3.05) is 5.73 Å². The van der Waals surface area contributed by atoms with E-state index in [2.05, 4.69) is 34.2 Å². The van der Waals surface area contributed by atoms with E-state index < -0.39 is 0 Å². The van der Waals surface area contributed by atoms with Crippen LogP contribution in [0.2, 0.25) is 0 Å². The van der Waals surface area contributed by atoms with Crippen LogP contribution >= 0.6 is 0 Å². The van der Waals surface area contributed by atoms with Crippen molar-refractivity contribution in [1.29, 1.82) is 0 Å². The van der Waals surface area contributed by atoms with Crippen LogP contribution in [-0.2, 0) is 6.42 Å². The second kappa shape index (κ2) is 5.13. The summed E-state index contributed by atoms with van der Waals surface area (Å²) < 4.78 is 5.24. The normalized spacial score (nSPS) is 10.7. The highest BCUT2D eigenvalue weighted by Gasteiger charge is 2.13. The van der Waals surface area contributed by atoms with Gasteiger partial charge < -0.3 is 10.3 Å². The molecule has 0 amide bonds. The van der Waals surface area contributed by atoms with Gasteiger partial charge in [-0.3, -0.25) is 0 Å². The fourth-order valence-electron chi connectivity index (χ4n) is 1.92. The Morgan fingerprint density at radius 2 is 1.95 bits per heavy atom. The average Bonchev–Trinajstić information content (AvgIpc) is 2.97. The molecule has 2 heterocycles. The predicted molar refractivity (Wildman–Crippen MR) is 76.8 cm³/mol. The second-order valence-electron chi connectivity index (χ2n) is 4.41. The number of anilines is 1. The van der Waals surface area contributed by atoms with Crippen molar-refractivity contribution in [2.45, 2.75) is 13.3 Å². The predicted octanol–water partition coefficient (Wildman–Crippen LogP) is 2.94. The lowest BCUT2D eigenvalue weighted by molar-refractivity contribution is 0.431. The number of nitrogens with zero attached hydrogens (tertiary/aromatic N) is 3. The van der Waals surface area contributed by atoms with Gasteiger partial charge in [-0.05, 0) is 24.1 Å². The Labute approximate surface area is 116 Å². The molecule has 0 aliphatic heterocycles. The molecule has 0 fully saturated rings. The number of hydrogen-bond acceptors (Lipinski definition) is 5. The molecule has 3 rings (SSSR count). The van der Waals surface area contributed by atoms with E-state index in [-0.39, 0.29) is 0 Å². The third kappa shape index (κ3) is 2.25. The Balaban J connectivity index is 1.95. The minimum Gasteiger partial charge on any atom is -0.397 e. The van der Waals surface area contributed by atoms with Gasteiger partial charge in [-0.1, -0.05) is 36.3 Å². The number of aryl methyl sites for hydroxylation is 1. The Kier molecular flexibility index (Phi) is 3.16. The second-order valence-corrected chi connectivity index (χ2v) is 4.41. The van der Waals surface area contributed by atoms with Crippen LogP contribution in [0.5, 0.6) is 0 Å². The summed E-state index contributed by atoms with van der Waals surface area (Å²) in [6.45, 7) is 2.12. The van der Waals surface area contributed by atoms with Gasteiger partial charge in [0.1, 0.15) is 0 Å². The molecule has 1 aromatic carbocycles. The average molecular weight is 266 g/mol. The van der Waals surface area contributed by atoms with Crippen LogP contribution < -0.4 is 5.73 Å². The first-order chi connectivity index (χ1) is 9.78. The summed E-state index contributed by atoms with van der Waals surface area (Å²) in [4.78, 5) is 8.51. The van der Waals surface area contributed by atoms with Crippen LogP contribution in [0.15, 0.2) is 47.1 Å². The molecular weight excluding hydrogens is 252 g/mol. The molecule has 3 aromatic rings. The van der Waals surface area contributed by atoms with Gasteiger partial charge in [0.25, 0.3) is 5.89 Å². The Morgan fingerprint density at radius 1 is 1.15 bits per heavy atom. The Bertz CT molecular complexity index is 719. The maximum absolute atomic E-state index is 5.85. The lowest BCUT2D eigenvalue weighted by Gasteiger charge is -1.98. The minimum atomic E-state index is 0.331. The molecule has 0 radical (unpaired) electrons. The number of pyridine rings is 1. The van der Waals surface area contributed by atoms with Crippen LogP contribution in [0.3, 0.4) is 0 Å². The van der Waals surface area contributed by atoms with E-state index in [9.17, 15) is 0 Å². The van der Waals surface area contributed by atoms with Crippen LogP contribution in [0, 0.1) is 0 Å². The molecule has 100 valence electrons. The summed E-state index contributed by atoms with van der Waals surface area (Å²) in [5.74, 6) is 0.866. The van der Waals surface area contributed by atoms with Gasteiger partial charge in [0, 0.05) is 11.8 Å². The highest BCUT2D eigenvalue weighted by molar-refractivity contribution is 5.67. The smallest absolute Gasteiger partial charge is 0.278 e. The van der Waals surface area contributed by atoms with Crippen molar-refractivity contribution in [3.63, 3.8) is 0 Å². The highest BCUT2D eigenvalue weighted by Crippen LogP contribution is 2.24. The monoisotopic (exact) mass is 266 g/mol. The van der Waals surface area contributed by atoms with Gasteiger partial charge in [-0.25, -0.2) is 4.98 Å². The highest BCUT2D eigenvalue weighted by atomic mass is 16.5. The summed E-state index contributed by atoms with van der Waals surface area (Å²) in [5.41, 5.74) is 9.06. The molecular formula is C15H14N4O. The van der Waals surface area contributed by atoms with Crippen molar-refractivity contribution >= 4 is 5.69 Å². The molecule has 0 aliphatic rings. The SMILES string of the molecule is CCc1ccc(-c2noc(-c3ncccc3N)n2)cc1. The zero-order valence-corrected chi connectivity index (χ0v) is 11.1. The quantitative estimate of drug-likeness (QED) is 0.788. The molecule has 0 saturated heterocycles. The first kappa shape index (κ1) is 12.3. The van der Waals surface area contributed by atoms with Gasteiger partial charge in [0.15, 0.2) is 5.69 Å². The van der Waals surface area contributed by atoms with Gasteiger partial charge in [-0.2, -0.15) is 4.98 Å². The van der Waals surface area contributed by atoms with E-state index in [1.165, 1.54) is 5.56 Å². The topological polar surface area (TPSA) is 77.8 Å². The number of nitrogens with two attached hydrogens (primary N) is 1. The lowest BCUT2D eigenvalue weighted by Crippen LogP contribution is -1.92. The third-order valence-electron chi connectivity index (χ3n) is 3.09. The fourth-order valence-corrected chi connectivity index (χ4v) is 1.92. The van der Waals surface area contributed by atoms with Crippen molar-refractivity contribution in [3.05, 3.63) is 48.2 Å². The molecule has 0 aliphatic carbocycles. The lowest BCUT2D eigenvalue weighted by atomic mass is 10.1. The third-order valence-corrected chi connectivity index (χ3v) is 3.09. The van der Waals surface area contributed by atoms with E-state index in [0.29, 0.717) is 23.1 Å². The zero-order chi connectivity index (χ0) is 13.9. The van der Waals surface area contributed by atoms with Crippen LogP contribution in [-0.4, -0.2) is 15.1 Å². The number of rotatable bonds is 3. The molecule has 0 unspecified atom stereocenters. The van der Waals surface area contributed by atoms with Crippen molar-refractivity contribution < 1.29 is 4.52 Å². The summed E-state index contributed by atoms with van der Waals surface area (Å²) >= 11 is 0. The molecule has 0 bridgehead atoms. The van der Waals surface area contributed by atoms with Crippen LogP contribution in [0.4, 0.5) is 5.69 Å². The number of hydrogen-bond donors (Lipinski definition) is 1. The molecule has 5 heteroatoms. The van der Waals surface area contributed by atoms with E-state index in [1.54, 1.807) is 18.3 Å². The van der Waals surface area contributed by atoms with Gasteiger partial charge >= 0.3 is 0 Å². The van der Waals surface area contributed by atoms with Crippen molar-refractivity contribution in [3.8, 4) is 23.0 Å². The summed E-state index contributed by atoms with van der Waals surface area (Å²) in [7, 11) is 0. The van der Waals surface area contributed by atoms with Gasteiger partial charge in [0.05, 0.1) is 5.69 Å². The Hall–Kier alpha value is -2.69. The zero-order valence-electron chi connectivity index (χ0n) is 11.1. The van der Waals surface area contributed by atoms with Crippen LogP contribution in [0.25, 0.3) is 23.0 Å². The van der Waals surface area contributed by atoms with E-state index in [0.717, 1.165) is 12.0 Å². The maximum atomic E-state index is 5.85. The number of aromatic nitrogens is 3. The molecule has 0 atom stereocenters. The van der Waals surface area contributed by atoms with E-state index in [4.69, 9.17) is 10.3 Å². The maximum Gasteiger partial charge on any atom is 0.278 e. The fraction of sp³-hybridized carbons (Fsp3) is 0.133. The minimum absolute atomic E-state index is 0.331. The van der Waals surface area contributed by atoms with Gasteiger partial charge in [0.2, 0.25) is 5.82 Å². The molecule has 2 aromatic heterocycles. The largest absolute Gasteiger partial charge is 0.397 e. The molecule has 2 N–H and O–H groups in total. The standard InChI is InChI=1S/C15H14N4O/c1-2-10-5-7-11(8-6-10)14-18-15(20-19-14)13-12(16)4-3-9-17-13/h3-9H,2,16H2,1H3. The van der Waals surface area contributed by atoms with Crippen molar-refractivity contribution in [2.24, 2.45) is 0 Å². The summed E-state index contributed by atoms with van der Waals surface area (Å²) in [5, 5.41) is 3.98. The van der Waals surface area contributed by atoms with Crippen LogP contribution in [0.1, 0.15) is 12.5 Å². The first-order valence-electron chi connectivity index (χ1n) is 6.42.